The van der Waals surface area contributed by atoms with Gasteiger partial charge in [-0.15, -0.1) is 0 Å². The Morgan fingerprint density at radius 2 is 1.97 bits per heavy atom. The van der Waals surface area contributed by atoms with Crippen LogP contribution in [0.2, 0.25) is 0 Å². The molecule has 1 aromatic carbocycles. The van der Waals surface area contributed by atoms with Crippen LogP contribution in [0.25, 0.3) is 0 Å². The number of hydrogen-bond acceptors (Lipinski definition) is 5. The van der Waals surface area contributed by atoms with Crippen molar-refractivity contribution < 1.29 is 9.53 Å². The number of aryl methyl sites for hydroxylation is 1. The SMILES string of the molecule is CCNC(=NCc1ncnn1C)NCC(NC(=O)OC(C)(C)C)c1ccccc1. The number of amides is 1. The summed E-state index contributed by atoms with van der Waals surface area (Å²) >= 11 is 0. The van der Waals surface area contributed by atoms with Crippen LogP contribution in [0.5, 0.6) is 0 Å². The summed E-state index contributed by atoms with van der Waals surface area (Å²) in [5.74, 6) is 1.39. The summed E-state index contributed by atoms with van der Waals surface area (Å²) in [7, 11) is 1.83. The Balaban J connectivity index is 2.07. The molecular formula is C20H31N7O2. The first-order valence-electron chi connectivity index (χ1n) is 9.68. The van der Waals surface area contributed by atoms with Crippen LogP contribution >= 0.6 is 0 Å². The number of aromatic nitrogens is 3. The molecule has 9 nitrogen and oxygen atoms in total. The number of guanidine groups is 1. The minimum absolute atomic E-state index is 0.287. The topological polar surface area (TPSA) is 105 Å². The normalized spacial score (nSPS) is 12.9. The molecule has 29 heavy (non-hydrogen) atoms. The minimum Gasteiger partial charge on any atom is -0.444 e. The van der Waals surface area contributed by atoms with Gasteiger partial charge < -0.3 is 20.7 Å². The molecule has 1 heterocycles. The summed E-state index contributed by atoms with van der Waals surface area (Å²) in [6.45, 7) is 9.04. The number of carbonyl (C=O) groups excluding carboxylic acids is 1. The van der Waals surface area contributed by atoms with Gasteiger partial charge in [-0.25, -0.2) is 14.8 Å². The maximum atomic E-state index is 12.3. The van der Waals surface area contributed by atoms with Crippen molar-refractivity contribution in [3.8, 4) is 0 Å². The molecule has 0 fully saturated rings. The Kier molecular flexibility index (Phi) is 7.99. The van der Waals surface area contributed by atoms with E-state index in [1.807, 2.05) is 65.1 Å². The summed E-state index contributed by atoms with van der Waals surface area (Å²) in [6, 6.07) is 9.46. The van der Waals surface area contributed by atoms with Crippen molar-refractivity contribution in [3.05, 3.63) is 48.0 Å². The van der Waals surface area contributed by atoms with Crippen LogP contribution in [0.15, 0.2) is 41.7 Å². The lowest BCUT2D eigenvalue weighted by Gasteiger charge is -2.24. The molecule has 0 spiro atoms. The Bertz CT molecular complexity index is 797. The van der Waals surface area contributed by atoms with Crippen LogP contribution in [0.3, 0.4) is 0 Å². The number of alkyl carbamates (subject to hydrolysis) is 1. The highest BCUT2D eigenvalue weighted by Crippen LogP contribution is 2.14. The number of carbonyl (C=O) groups is 1. The van der Waals surface area contributed by atoms with Crippen LogP contribution in [0, 0.1) is 0 Å². The van der Waals surface area contributed by atoms with Crippen LogP contribution < -0.4 is 16.0 Å². The molecule has 1 unspecified atom stereocenters. The lowest BCUT2D eigenvalue weighted by Crippen LogP contribution is -2.44. The van der Waals surface area contributed by atoms with Crippen molar-refractivity contribution in [1.29, 1.82) is 0 Å². The second-order valence-electron chi connectivity index (χ2n) is 7.49. The molecule has 0 saturated carbocycles. The molecule has 0 radical (unpaired) electrons. The molecule has 3 N–H and O–H groups in total. The molecule has 0 aliphatic rings. The Morgan fingerprint density at radius 3 is 2.55 bits per heavy atom. The van der Waals surface area contributed by atoms with Gasteiger partial charge in [0.2, 0.25) is 0 Å². The fraction of sp³-hybridized carbons (Fsp3) is 0.500. The molecule has 0 aliphatic heterocycles. The third kappa shape index (κ3) is 7.81. The van der Waals surface area contributed by atoms with E-state index >= 15 is 0 Å². The highest BCUT2D eigenvalue weighted by atomic mass is 16.6. The lowest BCUT2D eigenvalue weighted by molar-refractivity contribution is 0.0504. The first-order valence-corrected chi connectivity index (χ1v) is 9.68. The molecular weight excluding hydrogens is 370 g/mol. The average molecular weight is 402 g/mol. The van der Waals surface area contributed by atoms with E-state index in [1.165, 1.54) is 6.33 Å². The largest absolute Gasteiger partial charge is 0.444 e. The van der Waals surface area contributed by atoms with Crippen molar-refractivity contribution in [2.45, 2.75) is 45.9 Å². The van der Waals surface area contributed by atoms with Crippen LogP contribution in [-0.4, -0.2) is 45.5 Å². The summed E-state index contributed by atoms with van der Waals surface area (Å²) in [4.78, 5) is 21.0. The smallest absolute Gasteiger partial charge is 0.408 e. The maximum absolute atomic E-state index is 12.3. The molecule has 0 bridgehead atoms. The Hall–Kier alpha value is -3.10. The van der Waals surface area contributed by atoms with Gasteiger partial charge in [-0.1, -0.05) is 30.3 Å². The minimum atomic E-state index is -0.564. The molecule has 2 rings (SSSR count). The zero-order valence-corrected chi connectivity index (χ0v) is 17.8. The predicted octanol–water partition coefficient (Wildman–Crippen LogP) is 2.14. The molecule has 158 valence electrons. The summed E-state index contributed by atoms with van der Waals surface area (Å²) in [5, 5.41) is 13.5. The number of aliphatic imine (C=N–C) groups is 1. The van der Waals surface area contributed by atoms with Gasteiger partial charge in [0.25, 0.3) is 0 Å². The summed E-state index contributed by atoms with van der Waals surface area (Å²) in [6.07, 6.45) is 1.04. The fourth-order valence-electron chi connectivity index (χ4n) is 2.54. The third-order valence-electron chi connectivity index (χ3n) is 3.89. The Labute approximate surface area is 172 Å². The van der Waals surface area contributed by atoms with Gasteiger partial charge in [0.15, 0.2) is 5.96 Å². The highest BCUT2D eigenvalue weighted by molar-refractivity contribution is 5.79. The van der Waals surface area contributed by atoms with Crippen LogP contribution in [0.1, 0.15) is 45.1 Å². The van der Waals surface area contributed by atoms with Crippen molar-refractivity contribution in [1.82, 2.24) is 30.7 Å². The first-order chi connectivity index (χ1) is 13.8. The second-order valence-corrected chi connectivity index (χ2v) is 7.49. The van der Waals surface area contributed by atoms with Crippen molar-refractivity contribution in [2.75, 3.05) is 13.1 Å². The molecule has 1 amide bonds. The fourth-order valence-corrected chi connectivity index (χ4v) is 2.54. The van der Waals surface area contributed by atoms with E-state index in [0.29, 0.717) is 25.6 Å². The average Bonchev–Trinajstić information content (AvgIpc) is 3.07. The number of nitrogens with zero attached hydrogens (tertiary/aromatic N) is 4. The first kappa shape index (κ1) is 22.2. The Morgan fingerprint density at radius 1 is 1.24 bits per heavy atom. The van der Waals surface area contributed by atoms with Crippen molar-refractivity contribution in [2.24, 2.45) is 12.0 Å². The predicted molar refractivity (Wildman–Crippen MR) is 112 cm³/mol. The zero-order chi connectivity index (χ0) is 21.3. The number of rotatable bonds is 7. The number of benzene rings is 1. The monoisotopic (exact) mass is 401 g/mol. The van der Waals surface area contributed by atoms with E-state index < -0.39 is 11.7 Å². The quantitative estimate of drug-likeness (QED) is 0.485. The van der Waals surface area contributed by atoms with Gasteiger partial charge in [-0.2, -0.15) is 5.10 Å². The van der Waals surface area contributed by atoms with Crippen LogP contribution in [0.4, 0.5) is 4.79 Å². The van der Waals surface area contributed by atoms with Crippen molar-refractivity contribution in [3.63, 3.8) is 0 Å². The van der Waals surface area contributed by atoms with E-state index in [2.05, 4.69) is 31.0 Å². The van der Waals surface area contributed by atoms with Gasteiger partial charge in [0, 0.05) is 20.1 Å². The van der Waals surface area contributed by atoms with E-state index in [4.69, 9.17) is 4.74 Å². The van der Waals surface area contributed by atoms with Gasteiger partial charge in [0.05, 0.1) is 6.04 Å². The molecule has 9 heteroatoms. The van der Waals surface area contributed by atoms with Gasteiger partial charge in [0.1, 0.15) is 24.3 Å². The van der Waals surface area contributed by atoms with Gasteiger partial charge in [-0.05, 0) is 33.3 Å². The number of hydrogen-bond donors (Lipinski definition) is 3. The molecule has 0 aliphatic carbocycles. The summed E-state index contributed by atoms with van der Waals surface area (Å²) < 4.78 is 7.10. The summed E-state index contributed by atoms with van der Waals surface area (Å²) in [5.41, 5.74) is 0.403. The van der Waals surface area contributed by atoms with Gasteiger partial charge in [-0.3, -0.25) is 4.68 Å². The lowest BCUT2D eigenvalue weighted by atomic mass is 10.1. The molecule has 2 aromatic rings. The molecule has 0 saturated heterocycles. The van der Waals surface area contributed by atoms with E-state index in [9.17, 15) is 4.79 Å². The van der Waals surface area contributed by atoms with Crippen LogP contribution in [-0.2, 0) is 18.3 Å². The molecule has 1 aromatic heterocycles. The van der Waals surface area contributed by atoms with E-state index in [0.717, 1.165) is 11.4 Å². The number of ether oxygens (including phenoxy) is 1. The standard InChI is InChI=1S/C20H31N7O2/c1-6-21-18(23-13-17-24-14-25-27(17)5)22-12-16(15-10-8-7-9-11-15)26-19(28)29-20(2,3)4/h7-11,14,16H,6,12-13H2,1-5H3,(H,26,28)(H2,21,22,23). The highest BCUT2D eigenvalue weighted by Gasteiger charge is 2.20. The third-order valence-corrected chi connectivity index (χ3v) is 3.89. The molecule has 1 atom stereocenters. The zero-order valence-electron chi connectivity index (χ0n) is 17.8. The maximum Gasteiger partial charge on any atom is 0.408 e. The van der Waals surface area contributed by atoms with E-state index in [-0.39, 0.29) is 6.04 Å². The second kappa shape index (κ2) is 10.4. The van der Waals surface area contributed by atoms with E-state index in [1.54, 1.807) is 4.68 Å². The van der Waals surface area contributed by atoms with Crippen molar-refractivity contribution >= 4 is 12.1 Å². The van der Waals surface area contributed by atoms with Gasteiger partial charge >= 0.3 is 6.09 Å². The number of nitrogens with one attached hydrogen (secondary N) is 3.